The lowest BCUT2D eigenvalue weighted by Gasteiger charge is -2.06. The fourth-order valence-electron chi connectivity index (χ4n) is 1.90. The zero-order valence-electron chi connectivity index (χ0n) is 10.9. The Balaban J connectivity index is 2.16. The van der Waals surface area contributed by atoms with Gasteiger partial charge in [0.05, 0.1) is 6.07 Å². The van der Waals surface area contributed by atoms with Crippen LogP contribution in [0.3, 0.4) is 0 Å². The van der Waals surface area contributed by atoms with E-state index in [0.29, 0.717) is 5.01 Å². The number of carbonyl (C=O) groups is 1. The second-order valence-corrected chi connectivity index (χ2v) is 5.41. The molecule has 19 heavy (non-hydrogen) atoms. The highest BCUT2D eigenvalue weighted by Gasteiger charge is 2.23. The monoisotopic (exact) mass is 270 g/mol. The topological polar surface area (TPSA) is 53.8 Å². The van der Waals surface area contributed by atoms with Crippen LogP contribution in [-0.2, 0) is 11.2 Å². The fraction of sp³-hybridized carbons (Fsp3) is 0.267. The van der Waals surface area contributed by atoms with Gasteiger partial charge in [0.15, 0.2) is 11.7 Å². The van der Waals surface area contributed by atoms with Crippen molar-refractivity contribution < 1.29 is 4.79 Å². The van der Waals surface area contributed by atoms with E-state index in [0.717, 1.165) is 16.8 Å². The summed E-state index contributed by atoms with van der Waals surface area (Å²) in [6.45, 7) is 3.85. The van der Waals surface area contributed by atoms with Gasteiger partial charge in [-0.1, -0.05) is 29.8 Å². The van der Waals surface area contributed by atoms with Crippen molar-refractivity contribution >= 4 is 17.1 Å². The molecule has 1 aromatic heterocycles. The number of hydrogen-bond acceptors (Lipinski definition) is 4. The van der Waals surface area contributed by atoms with Crippen molar-refractivity contribution in [3.05, 3.63) is 51.5 Å². The summed E-state index contributed by atoms with van der Waals surface area (Å²) < 4.78 is 0. The number of nitrogens with zero attached hydrogens (tertiary/aromatic N) is 2. The predicted octanol–water partition coefficient (Wildman–Crippen LogP) is 3.18. The van der Waals surface area contributed by atoms with Gasteiger partial charge in [-0.3, -0.25) is 4.79 Å². The van der Waals surface area contributed by atoms with Crippen molar-refractivity contribution in [3.63, 3.8) is 0 Å². The Hall–Kier alpha value is -1.99. The van der Waals surface area contributed by atoms with E-state index in [1.807, 2.05) is 43.5 Å². The van der Waals surface area contributed by atoms with Gasteiger partial charge in [-0.25, -0.2) is 4.98 Å². The summed E-state index contributed by atoms with van der Waals surface area (Å²) in [5.41, 5.74) is 2.91. The number of ketones is 1. The van der Waals surface area contributed by atoms with Crippen LogP contribution in [0.4, 0.5) is 0 Å². The summed E-state index contributed by atoms with van der Waals surface area (Å²) >= 11 is 1.37. The van der Waals surface area contributed by atoms with Gasteiger partial charge in [0.2, 0.25) is 0 Å². The molecule has 0 spiro atoms. The second-order valence-electron chi connectivity index (χ2n) is 4.52. The molecule has 0 amide bonds. The van der Waals surface area contributed by atoms with Crippen molar-refractivity contribution in [1.29, 1.82) is 5.26 Å². The molecule has 3 nitrogen and oxygen atoms in total. The van der Waals surface area contributed by atoms with Crippen LogP contribution in [-0.4, -0.2) is 10.8 Å². The van der Waals surface area contributed by atoms with Crippen LogP contribution >= 0.6 is 11.3 Å². The molecular weight excluding hydrogens is 256 g/mol. The third kappa shape index (κ3) is 3.27. The van der Waals surface area contributed by atoms with Crippen LogP contribution in [0.2, 0.25) is 0 Å². The summed E-state index contributed by atoms with van der Waals surface area (Å²) in [5.74, 6) is -0.846. The smallest absolute Gasteiger partial charge is 0.161 e. The number of rotatable bonds is 4. The van der Waals surface area contributed by atoms with Gasteiger partial charge < -0.3 is 0 Å². The van der Waals surface area contributed by atoms with Gasteiger partial charge in [0, 0.05) is 17.5 Å². The molecule has 0 fully saturated rings. The normalized spacial score (nSPS) is 11.8. The number of thiazole rings is 1. The SMILES string of the molecule is Cc1cccc(CC(=O)C(C#N)c2nc(C)cs2)c1. The van der Waals surface area contributed by atoms with E-state index in [9.17, 15) is 10.1 Å². The van der Waals surface area contributed by atoms with E-state index in [2.05, 4.69) is 11.1 Å². The van der Waals surface area contributed by atoms with Crippen LogP contribution < -0.4 is 0 Å². The van der Waals surface area contributed by atoms with Crippen molar-refractivity contribution in [2.45, 2.75) is 26.2 Å². The minimum atomic E-state index is -0.751. The van der Waals surface area contributed by atoms with Crippen LogP contribution in [0.1, 0.15) is 27.7 Å². The maximum absolute atomic E-state index is 12.2. The van der Waals surface area contributed by atoms with Crippen LogP contribution in [0.25, 0.3) is 0 Å². The summed E-state index contributed by atoms with van der Waals surface area (Å²) in [5, 5.41) is 11.6. The summed E-state index contributed by atoms with van der Waals surface area (Å²) in [6.07, 6.45) is 0.276. The minimum Gasteiger partial charge on any atom is -0.297 e. The Morgan fingerprint density at radius 2 is 2.26 bits per heavy atom. The first-order valence-corrected chi connectivity index (χ1v) is 6.88. The molecule has 2 aromatic rings. The van der Waals surface area contributed by atoms with Gasteiger partial charge in [0.25, 0.3) is 0 Å². The van der Waals surface area contributed by atoms with E-state index < -0.39 is 5.92 Å². The van der Waals surface area contributed by atoms with Crippen molar-refractivity contribution in [3.8, 4) is 6.07 Å². The van der Waals surface area contributed by atoms with Gasteiger partial charge in [0.1, 0.15) is 5.01 Å². The average Bonchev–Trinajstić information content (AvgIpc) is 2.76. The number of carbonyl (C=O) groups excluding carboxylic acids is 1. The van der Waals surface area contributed by atoms with E-state index >= 15 is 0 Å². The standard InChI is InChI=1S/C15H14N2OS/c1-10-4-3-5-12(6-10)7-14(18)13(8-16)15-17-11(2)9-19-15/h3-6,9,13H,7H2,1-2H3. The van der Waals surface area contributed by atoms with Crippen LogP contribution in [0.5, 0.6) is 0 Å². The van der Waals surface area contributed by atoms with E-state index in [1.165, 1.54) is 11.3 Å². The molecule has 96 valence electrons. The van der Waals surface area contributed by atoms with Crippen molar-refractivity contribution in [1.82, 2.24) is 4.98 Å². The summed E-state index contributed by atoms with van der Waals surface area (Å²) in [4.78, 5) is 16.4. The number of hydrogen-bond donors (Lipinski definition) is 0. The number of nitriles is 1. The lowest BCUT2D eigenvalue weighted by molar-refractivity contribution is -0.118. The van der Waals surface area contributed by atoms with Gasteiger partial charge in [-0.05, 0) is 19.4 Å². The predicted molar refractivity (Wildman–Crippen MR) is 75.1 cm³/mol. The van der Waals surface area contributed by atoms with Gasteiger partial charge in [-0.15, -0.1) is 11.3 Å². The van der Waals surface area contributed by atoms with Gasteiger partial charge in [-0.2, -0.15) is 5.26 Å². The number of benzene rings is 1. The maximum atomic E-state index is 12.2. The molecule has 0 N–H and O–H groups in total. The Morgan fingerprint density at radius 3 is 2.84 bits per heavy atom. The lowest BCUT2D eigenvalue weighted by Crippen LogP contribution is -2.13. The summed E-state index contributed by atoms with van der Waals surface area (Å²) in [6, 6.07) is 9.86. The second kappa shape index (κ2) is 5.77. The molecule has 0 radical (unpaired) electrons. The Labute approximate surface area is 116 Å². The summed E-state index contributed by atoms with van der Waals surface area (Å²) in [7, 11) is 0. The van der Waals surface area contributed by atoms with Crippen molar-refractivity contribution in [2.24, 2.45) is 0 Å². The molecule has 0 aliphatic heterocycles. The molecular formula is C15H14N2OS. The molecule has 1 aromatic carbocycles. The molecule has 0 aliphatic rings. The highest BCUT2D eigenvalue weighted by atomic mass is 32.1. The molecule has 0 saturated heterocycles. The first kappa shape index (κ1) is 13.4. The van der Waals surface area contributed by atoms with E-state index in [4.69, 9.17) is 0 Å². The van der Waals surface area contributed by atoms with Crippen LogP contribution in [0.15, 0.2) is 29.6 Å². The highest BCUT2D eigenvalue weighted by molar-refractivity contribution is 7.09. The Kier molecular flexibility index (Phi) is 4.08. The third-order valence-corrected chi connectivity index (χ3v) is 3.82. The molecule has 2 rings (SSSR count). The zero-order chi connectivity index (χ0) is 13.8. The largest absolute Gasteiger partial charge is 0.297 e. The van der Waals surface area contributed by atoms with Crippen LogP contribution in [0, 0.1) is 25.2 Å². The maximum Gasteiger partial charge on any atom is 0.161 e. The fourth-order valence-corrected chi connectivity index (χ4v) is 2.76. The lowest BCUT2D eigenvalue weighted by atomic mass is 9.98. The molecule has 0 saturated carbocycles. The number of aryl methyl sites for hydroxylation is 2. The minimum absolute atomic E-state index is 0.0950. The molecule has 0 bridgehead atoms. The molecule has 4 heteroatoms. The first-order valence-electron chi connectivity index (χ1n) is 6.00. The average molecular weight is 270 g/mol. The Bertz CT molecular complexity index is 640. The number of aromatic nitrogens is 1. The molecule has 1 heterocycles. The Morgan fingerprint density at radius 1 is 1.47 bits per heavy atom. The highest BCUT2D eigenvalue weighted by Crippen LogP contribution is 2.22. The zero-order valence-corrected chi connectivity index (χ0v) is 11.7. The number of Topliss-reactive ketones (excluding diaryl/α,β-unsaturated/α-hetero) is 1. The third-order valence-electron chi connectivity index (χ3n) is 2.80. The van der Waals surface area contributed by atoms with Crippen molar-refractivity contribution in [2.75, 3.05) is 0 Å². The molecule has 0 aliphatic carbocycles. The van der Waals surface area contributed by atoms with E-state index in [1.54, 1.807) is 0 Å². The molecule has 1 unspecified atom stereocenters. The molecule has 1 atom stereocenters. The first-order chi connectivity index (χ1) is 9.10. The quantitative estimate of drug-likeness (QED) is 0.857. The van der Waals surface area contributed by atoms with Gasteiger partial charge >= 0.3 is 0 Å². The van der Waals surface area contributed by atoms with E-state index in [-0.39, 0.29) is 12.2 Å².